The molecule has 1 saturated heterocycles. The van der Waals surface area contributed by atoms with Gasteiger partial charge in [0, 0.05) is 55.6 Å². The molecule has 4 rings (SSSR count). The average molecular weight is 478 g/mol. The fraction of sp³-hybridized carbons (Fsp3) is 0.444. The minimum Gasteiger partial charge on any atom is -0.395 e. The summed E-state index contributed by atoms with van der Waals surface area (Å²) >= 11 is 0. The number of aromatic nitrogens is 2. The molecule has 0 saturated carbocycles. The second kappa shape index (κ2) is 11.0. The number of aliphatic hydroxyl groups excluding tert-OH is 1. The molecule has 2 amide bonds. The highest BCUT2D eigenvalue weighted by molar-refractivity contribution is 6.06. The number of benzene rings is 2. The van der Waals surface area contributed by atoms with E-state index in [9.17, 15) is 14.7 Å². The maximum atomic E-state index is 13.0. The van der Waals surface area contributed by atoms with Crippen LogP contribution in [-0.2, 0) is 0 Å². The van der Waals surface area contributed by atoms with Gasteiger partial charge in [0.05, 0.1) is 17.6 Å². The molecule has 0 spiro atoms. The van der Waals surface area contributed by atoms with E-state index in [-0.39, 0.29) is 18.4 Å². The molecule has 2 aromatic carbocycles. The quantitative estimate of drug-likeness (QED) is 0.516. The lowest BCUT2D eigenvalue weighted by Crippen LogP contribution is -2.36. The van der Waals surface area contributed by atoms with Crippen LogP contribution in [0.4, 0.5) is 5.69 Å². The first-order valence-electron chi connectivity index (χ1n) is 12.5. The summed E-state index contributed by atoms with van der Waals surface area (Å²) in [7, 11) is 0. The summed E-state index contributed by atoms with van der Waals surface area (Å²) in [6.07, 6.45) is 1.97. The van der Waals surface area contributed by atoms with Crippen LogP contribution in [0.3, 0.4) is 0 Å². The van der Waals surface area contributed by atoms with Gasteiger partial charge < -0.3 is 24.8 Å². The molecule has 1 aliphatic heterocycles. The maximum Gasteiger partial charge on any atom is 0.255 e. The van der Waals surface area contributed by atoms with Crippen LogP contribution >= 0.6 is 0 Å². The Morgan fingerprint density at radius 2 is 1.71 bits per heavy atom. The standard InChI is InChI=1S/C27H35N5O3/c1-4-31(5-2)27(35)20-6-9-22(10-7-20)29-26(34)21-8-11-24-25(18-21)32(19(3)28-24)23-12-14-30(15-13-23)16-17-33/h6-11,18,23,33H,4-5,12-17H2,1-3H3,(H,29,34). The Kier molecular flexibility index (Phi) is 7.83. The zero-order valence-corrected chi connectivity index (χ0v) is 20.8. The number of nitrogens with zero attached hydrogens (tertiary/aromatic N) is 4. The summed E-state index contributed by atoms with van der Waals surface area (Å²) in [6, 6.07) is 13.0. The summed E-state index contributed by atoms with van der Waals surface area (Å²) in [5, 5.41) is 12.2. The average Bonchev–Trinajstić information content (AvgIpc) is 3.20. The van der Waals surface area contributed by atoms with Gasteiger partial charge in [0.2, 0.25) is 0 Å². The molecule has 186 valence electrons. The van der Waals surface area contributed by atoms with Crippen molar-refractivity contribution in [3.05, 3.63) is 59.4 Å². The molecule has 8 nitrogen and oxygen atoms in total. The number of hydrogen-bond acceptors (Lipinski definition) is 5. The number of carbonyl (C=O) groups is 2. The van der Waals surface area contributed by atoms with Crippen molar-refractivity contribution in [2.75, 3.05) is 44.6 Å². The zero-order valence-electron chi connectivity index (χ0n) is 20.8. The van der Waals surface area contributed by atoms with Gasteiger partial charge in [-0.3, -0.25) is 9.59 Å². The first kappa shape index (κ1) is 24.9. The smallest absolute Gasteiger partial charge is 0.255 e. The predicted molar refractivity (Wildman–Crippen MR) is 138 cm³/mol. The Morgan fingerprint density at radius 1 is 1.06 bits per heavy atom. The molecule has 2 heterocycles. The lowest BCUT2D eigenvalue weighted by molar-refractivity contribution is 0.0773. The summed E-state index contributed by atoms with van der Waals surface area (Å²) < 4.78 is 2.26. The highest BCUT2D eigenvalue weighted by Crippen LogP contribution is 2.29. The van der Waals surface area contributed by atoms with Crippen LogP contribution in [0.25, 0.3) is 11.0 Å². The van der Waals surface area contributed by atoms with E-state index in [0.717, 1.165) is 42.8 Å². The SMILES string of the molecule is CCN(CC)C(=O)c1ccc(NC(=O)c2ccc3nc(C)n(C4CCN(CCO)CC4)c3c2)cc1. The number of aryl methyl sites for hydroxylation is 1. The monoisotopic (exact) mass is 477 g/mol. The van der Waals surface area contributed by atoms with E-state index in [1.807, 2.05) is 32.9 Å². The number of amides is 2. The van der Waals surface area contributed by atoms with Crippen LogP contribution in [0.1, 0.15) is 59.3 Å². The number of β-amino-alcohol motifs (C(OH)–C–C–N with tert-alkyl or cyclic N) is 1. The molecule has 2 N–H and O–H groups in total. The Labute approximate surface area is 206 Å². The molecule has 1 fully saturated rings. The molecule has 0 unspecified atom stereocenters. The van der Waals surface area contributed by atoms with Gasteiger partial charge in [-0.15, -0.1) is 0 Å². The van der Waals surface area contributed by atoms with Crippen LogP contribution in [-0.4, -0.2) is 75.6 Å². The van der Waals surface area contributed by atoms with Gasteiger partial charge in [0.1, 0.15) is 5.82 Å². The minimum atomic E-state index is -0.196. The van der Waals surface area contributed by atoms with Gasteiger partial charge in [0.25, 0.3) is 11.8 Å². The van der Waals surface area contributed by atoms with Crippen molar-refractivity contribution in [1.82, 2.24) is 19.4 Å². The van der Waals surface area contributed by atoms with Gasteiger partial charge in [-0.25, -0.2) is 4.98 Å². The number of rotatable bonds is 8. The van der Waals surface area contributed by atoms with Crippen LogP contribution < -0.4 is 5.32 Å². The Balaban J connectivity index is 1.50. The molecule has 3 aromatic rings. The van der Waals surface area contributed by atoms with E-state index in [1.54, 1.807) is 35.2 Å². The van der Waals surface area contributed by atoms with E-state index in [2.05, 4.69) is 14.8 Å². The largest absolute Gasteiger partial charge is 0.395 e. The van der Waals surface area contributed by atoms with E-state index >= 15 is 0 Å². The third-order valence-corrected chi connectivity index (χ3v) is 6.91. The highest BCUT2D eigenvalue weighted by Gasteiger charge is 2.24. The number of nitrogens with one attached hydrogen (secondary N) is 1. The van der Waals surface area contributed by atoms with Crippen molar-refractivity contribution in [2.45, 2.75) is 39.7 Å². The van der Waals surface area contributed by atoms with Crippen molar-refractivity contribution in [3.63, 3.8) is 0 Å². The molecule has 35 heavy (non-hydrogen) atoms. The Bertz CT molecular complexity index is 1180. The molecule has 1 aliphatic rings. The van der Waals surface area contributed by atoms with Crippen LogP contribution in [0.15, 0.2) is 42.5 Å². The van der Waals surface area contributed by atoms with Gasteiger partial charge in [0.15, 0.2) is 0 Å². The third-order valence-electron chi connectivity index (χ3n) is 6.91. The molecular weight excluding hydrogens is 442 g/mol. The number of aliphatic hydroxyl groups is 1. The number of carbonyl (C=O) groups excluding carboxylic acids is 2. The van der Waals surface area contributed by atoms with Gasteiger partial charge in [-0.05, 0) is 76.1 Å². The molecule has 1 aromatic heterocycles. The first-order chi connectivity index (χ1) is 16.9. The van der Waals surface area contributed by atoms with Crippen LogP contribution in [0, 0.1) is 6.92 Å². The van der Waals surface area contributed by atoms with E-state index in [0.29, 0.717) is 42.5 Å². The van der Waals surface area contributed by atoms with Gasteiger partial charge in [-0.1, -0.05) is 0 Å². The normalized spacial score (nSPS) is 14.9. The number of piperidine rings is 1. The van der Waals surface area contributed by atoms with E-state index in [1.165, 1.54) is 0 Å². The molecule has 0 atom stereocenters. The maximum absolute atomic E-state index is 13.0. The first-order valence-corrected chi connectivity index (χ1v) is 12.5. The second-order valence-electron chi connectivity index (χ2n) is 9.04. The fourth-order valence-corrected chi connectivity index (χ4v) is 4.95. The van der Waals surface area contributed by atoms with Crippen molar-refractivity contribution in [2.24, 2.45) is 0 Å². The predicted octanol–water partition coefficient (Wildman–Crippen LogP) is 3.71. The summed E-state index contributed by atoms with van der Waals surface area (Å²) in [5.74, 6) is 0.744. The Morgan fingerprint density at radius 3 is 2.34 bits per heavy atom. The van der Waals surface area contributed by atoms with Crippen molar-refractivity contribution in [3.8, 4) is 0 Å². The van der Waals surface area contributed by atoms with Gasteiger partial charge >= 0.3 is 0 Å². The summed E-state index contributed by atoms with van der Waals surface area (Å²) in [5.41, 5.74) is 3.68. The molecule has 0 aliphatic carbocycles. The highest BCUT2D eigenvalue weighted by atomic mass is 16.3. The van der Waals surface area contributed by atoms with Crippen molar-refractivity contribution < 1.29 is 14.7 Å². The van der Waals surface area contributed by atoms with Crippen molar-refractivity contribution in [1.29, 1.82) is 0 Å². The van der Waals surface area contributed by atoms with E-state index in [4.69, 9.17) is 4.98 Å². The zero-order chi connectivity index (χ0) is 24.9. The van der Waals surface area contributed by atoms with Gasteiger partial charge in [-0.2, -0.15) is 0 Å². The fourth-order valence-electron chi connectivity index (χ4n) is 4.95. The lowest BCUT2D eigenvalue weighted by Gasteiger charge is -2.33. The molecule has 8 heteroatoms. The number of anilines is 1. The number of likely N-dealkylation sites (tertiary alicyclic amines) is 1. The third kappa shape index (κ3) is 5.39. The number of imidazole rings is 1. The van der Waals surface area contributed by atoms with E-state index < -0.39 is 0 Å². The Hall–Kier alpha value is -3.23. The summed E-state index contributed by atoms with van der Waals surface area (Å²) in [6.45, 7) is 10.0. The molecular formula is C27H35N5O3. The molecule has 0 radical (unpaired) electrons. The lowest BCUT2D eigenvalue weighted by atomic mass is 10.0. The second-order valence-corrected chi connectivity index (χ2v) is 9.04. The van der Waals surface area contributed by atoms with Crippen molar-refractivity contribution >= 4 is 28.5 Å². The summed E-state index contributed by atoms with van der Waals surface area (Å²) in [4.78, 5) is 34.3. The molecule has 0 bridgehead atoms. The van der Waals surface area contributed by atoms with Crippen LogP contribution in [0.5, 0.6) is 0 Å². The topological polar surface area (TPSA) is 90.7 Å². The number of hydrogen-bond donors (Lipinski definition) is 2. The van der Waals surface area contributed by atoms with Crippen LogP contribution in [0.2, 0.25) is 0 Å². The number of fused-ring (bicyclic) bond motifs is 1. The minimum absolute atomic E-state index is 0.0100.